The van der Waals surface area contributed by atoms with Gasteiger partial charge in [0.05, 0.1) is 5.69 Å². The Hall–Kier alpha value is -1.39. The van der Waals surface area contributed by atoms with Crippen molar-refractivity contribution in [2.24, 2.45) is 0 Å². The maximum absolute atomic E-state index is 10.6. The predicted octanol–water partition coefficient (Wildman–Crippen LogP) is -0.532. The Bertz CT molecular complexity index is 478. The summed E-state index contributed by atoms with van der Waals surface area (Å²) >= 11 is 0. The smallest absolute Gasteiger partial charge is 0.399 e. The quantitative estimate of drug-likeness (QED) is 0.247. The minimum Gasteiger partial charge on any atom is -0.399 e. The standard InChI is InChI=1S/C8H12N2O6S/c1-8(11,12)10(16-17(13,14)15)7-4-2-6(9)3-5-7/h2-5,11-12H,9H2,1H3,(H,13,14,15). The number of aliphatic hydroxyl groups is 2. The van der Waals surface area contributed by atoms with Crippen molar-refractivity contribution in [3.05, 3.63) is 24.3 Å². The molecule has 5 N–H and O–H groups in total. The fourth-order valence-corrected chi connectivity index (χ4v) is 1.48. The van der Waals surface area contributed by atoms with Crippen LogP contribution in [-0.2, 0) is 14.7 Å². The molecule has 0 saturated carbocycles. The van der Waals surface area contributed by atoms with E-state index in [4.69, 9.17) is 10.3 Å². The lowest BCUT2D eigenvalue weighted by atomic mass is 10.3. The van der Waals surface area contributed by atoms with Crippen LogP contribution in [-0.4, -0.2) is 29.1 Å². The van der Waals surface area contributed by atoms with Crippen LogP contribution in [0.2, 0.25) is 0 Å². The molecule has 0 radical (unpaired) electrons. The number of hydroxylamine groups is 1. The molecule has 0 spiro atoms. The van der Waals surface area contributed by atoms with E-state index in [9.17, 15) is 18.6 Å². The van der Waals surface area contributed by atoms with Gasteiger partial charge in [0.1, 0.15) is 0 Å². The van der Waals surface area contributed by atoms with Crippen LogP contribution in [0.3, 0.4) is 0 Å². The van der Waals surface area contributed by atoms with E-state index in [-0.39, 0.29) is 10.8 Å². The predicted molar refractivity (Wildman–Crippen MR) is 58.8 cm³/mol. The Kier molecular flexibility index (Phi) is 3.59. The Labute approximate surface area is 97.8 Å². The van der Waals surface area contributed by atoms with Gasteiger partial charge in [-0.05, 0) is 24.3 Å². The van der Waals surface area contributed by atoms with Crippen molar-refractivity contribution in [2.75, 3.05) is 10.8 Å². The average Bonchev–Trinajstić information content (AvgIpc) is 2.13. The number of benzene rings is 1. The first-order valence-electron chi connectivity index (χ1n) is 4.37. The molecule has 8 nitrogen and oxygen atoms in total. The lowest BCUT2D eigenvalue weighted by molar-refractivity contribution is -0.180. The average molecular weight is 264 g/mol. The number of nitrogens with zero attached hydrogens (tertiary/aromatic N) is 1. The first kappa shape index (κ1) is 13.7. The van der Waals surface area contributed by atoms with Gasteiger partial charge in [-0.2, -0.15) is 13.5 Å². The summed E-state index contributed by atoms with van der Waals surface area (Å²) in [6.07, 6.45) is 0. The highest BCUT2D eigenvalue weighted by molar-refractivity contribution is 7.80. The van der Waals surface area contributed by atoms with Crippen molar-refractivity contribution in [1.29, 1.82) is 0 Å². The number of nitrogens with two attached hydrogens (primary N) is 1. The monoisotopic (exact) mass is 264 g/mol. The lowest BCUT2D eigenvalue weighted by Crippen LogP contribution is -2.47. The summed E-state index contributed by atoms with van der Waals surface area (Å²) in [6, 6.07) is 5.35. The molecule has 0 aromatic heterocycles. The molecule has 0 atom stereocenters. The second kappa shape index (κ2) is 4.47. The summed E-state index contributed by atoms with van der Waals surface area (Å²) in [5.74, 6) is -2.65. The molecule has 0 heterocycles. The van der Waals surface area contributed by atoms with Crippen molar-refractivity contribution in [2.45, 2.75) is 12.8 Å². The number of anilines is 2. The summed E-state index contributed by atoms with van der Waals surface area (Å²) in [4.78, 5) is 0. The van der Waals surface area contributed by atoms with Crippen LogP contribution < -0.4 is 10.8 Å². The first-order valence-corrected chi connectivity index (χ1v) is 5.73. The van der Waals surface area contributed by atoms with Gasteiger partial charge in [-0.15, -0.1) is 4.28 Å². The topological polar surface area (TPSA) is 133 Å². The largest absolute Gasteiger partial charge is 0.418 e. The van der Waals surface area contributed by atoms with Gasteiger partial charge < -0.3 is 15.9 Å². The Morgan fingerprint density at radius 3 is 2.12 bits per heavy atom. The highest BCUT2D eigenvalue weighted by atomic mass is 32.3. The SMILES string of the molecule is CC(O)(O)N(OS(=O)(=O)O)c1ccc(N)cc1. The zero-order valence-corrected chi connectivity index (χ0v) is 9.63. The van der Waals surface area contributed by atoms with E-state index >= 15 is 0 Å². The van der Waals surface area contributed by atoms with Crippen LogP contribution in [0.1, 0.15) is 6.92 Å². The van der Waals surface area contributed by atoms with E-state index < -0.39 is 16.3 Å². The molecule has 0 bridgehead atoms. The molecule has 1 rings (SSSR count). The number of rotatable bonds is 4. The van der Waals surface area contributed by atoms with Crippen molar-refractivity contribution in [3.8, 4) is 0 Å². The zero-order valence-electron chi connectivity index (χ0n) is 8.81. The van der Waals surface area contributed by atoms with Gasteiger partial charge in [-0.3, -0.25) is 4.55 Å². The van der Waals surface area contributed by atoms with Crippen LogP contribution in [0.25, 0.3) is 0 Å². The van der Waals surface area contributed by atoms with Gasteiger partial charge in [0.25, 0.3) is 5.91 Å². The van der Waals surface area contributed by atoms with Crippen LogP contribution in [0, 0.1) is 0 Å². The molecule has 96 valence electrons. The Balaban J connectivity index is 3.12. The summed E-state index contributed by atoms with van der Waals surface area (Å²) in [7, 11) is -4.89. The van der Waals surface area contributed by atoms with E-state index in [1.54, 1.807) is 0 Å². The maximum Gasteiger partial charge on any atom is 0.418 e. The molecule has 1 aromatic rings. The van der Waals surface area contributed by atoms with E-state index in [0.717, 1.165) is 6.92 Å². The highest BCUT2D eigenvalue weighted by Crippen LogP contribution is 2.23. The third kappa shape index (κ3) is 4.17. The molecule has 0 aliphatic rings. The van der Waals surface area contributed by atoms with Crippen LogP contribution in [0.5, 0.6) is 0 Å². The fourth-order valence-electron chi connectivity index (χ4n) is 1.06. The first-order chi connectivity index (χ1) is 7.59. The normalized spacial score (nSPS) is 12.5. The third-order valence-electron chi connectivity index (χ3n) is 1.68. The van der Waals surface area contributed by atoms with Gasteiger partial charge in [0, 0.05) is 12.6 Å². The molecular weight excluding hydrogens is 252 g/mol. The van der Waals surface area contributed by atoms with Gasteiger partial charge in [-0.25, -0.2) is 0 Å². The van der Waals surface area contributed by atoms with E-state index in [0.29, 0.717) is 5.69 Å². The molecule has 17 heavy (non-hydrogen) atoms. The third-order valence-corrected chi connectivity index (χ3v) is 2.02. The molecule has 0 saturated heterocycles. The zero-order chi connectivity index (χ0) is 13.3. The summed E-state index contributed by atoms with van der Waals surface area (Å²) in [5, 5.41) is 18.8. The summed E-state index contributed by atoms with van der Waals surface area (Å²) in [6.45, 7) is 0.856. The molecule has 0 fully saturated rings. The summed E-state index contributed by atoms with van der Waals surface area (Å²) < 4.78 is 33.7. The van der Waals surface area contributed by atoms with E-state index in [1.807, 2.05) is 0 Å². The molecule has 0 aliphatic carbocycles. The molecule has 0 aliphatic heterocycles. The minimum atomic E-state index is -4.89. The molecule has 0 unspecified atom stereocenters. The van der Waals surface area contributed by atoms with Crippen molar-refractivity contribution in [3.63, 3.8) is 0 Å². The van der Waals surface area contributed by atoms with E-state index in [1.165, 1.54) is 24.3 Å². The van der Waals surface area contributed by atoms with Gasteiger partial charge in [-0.1, -0.05) is 0 Å². The minimum absolute atomic E-state index is 0.0238. The van der Waals surface area contributed by atoms with Crippen LogP contribution in [0.4, 0.5) is 11.4 Å². The second-order valence-corrected chi connectivity index (χ2v) is 4.36. The van der Waals surface area contributed by atoms with Crippen LogP contribution >= 0.6 is 0 Å². The second-order valence-electron chi connectivity index (χ2n) is 3.36. The van der Waals surface area contributed by atoms with Crippen molar-refractivity contribution < 1.29 is 27.5 Å². The van der Waals surface area contributed by atoms with Gasteiger partial charge in [0.2, 0.25) is 0 Å². The maximum atomic E-state index is 10.6. The highest BCUT2D eigenvalue weighted by Gasteiger charge is 2.31. The van der Waals surface area contributed by atoms with Gasteiger partial charge in [0.15, 0.2) is 0 Å². The van der Waals surface area contributed by atoms with Crippen LogP contribution in [0.15, 0.2) is 24.3 Å². The number of nitrogen functional groups attached to an aromatic ring is 1. The fraction of sp³-hybridized carbons (Fsp3) is 0.250. The van der Waals surface area contributed by atoms with Gasteiger partial charge >= 0.3 is 10.4 Å². The molecule has 9 heteroatoms. The Morgan fingerprint density at radius 1 is 1.29 bits per heavy atom. The summed E-state index contributed by atoms with van der Waals surface area (Å²) in [5.41, 5.74) is 5.77. The molecule has 1 aromatic carbocycles. The van der Waals surface area contributed by atoms with E-state index in [2.05, 4.69) is 4.28 Å². The molecular formula is C8H12N2O6S. The number of hydrogen-bond acceptors (Lipinski definition) is 7. The lowest BCUT2D eigenvalue weighted by Gasteiger charge is -2.30. The number of hydrogen-bond donors (Lipinski definition) is 4. The van der Waals surface area contributed by atoms with Crippen molar-refractivity contribution >= 4 is 21.8 Å². The Morgan fingerprint density at radius 2 is 1.76 bits per heavy atom. The van der Waals surface area contributed by atoms with Crippen molar-refractivity contribution in [1.82, 2.24) is 0 Å². The molecule has 0 amide bonds.